The molecule has 2 rings (SSSR count). The normalized spacial score (nSPS) is 24.6. The van der Waals surface area contributed by atoms with Gasteiger partial charge in [0.2, 0.25) is 5.91 Å². The van der Waals surface area contributed by atoms with Gasteiger partial charge in [0, 0.05) is 19.0 Å². The van der Waals surface area contributed by atoms with Gasteiger partial charge in [-0.05, 0) is 6.92 Å². The first kappa shape index (κ1) is 12.5. The molecule has 0 aliphatic carbocycles. The van der Waals surface area contributed by atoms with Gasteiger partial charge in [-0.2, -0.15) is 0 Å². The van der Waals surface area contributed by atoms with E-state index in [4.69, 9.17) is 4.74 Å². The summed E-state index contributed by atoms with van der Waals surface area (Å²) in [5.41, 5.74) is 2.70. The van der Waals surface area contributed by atoms with Gasteiger partial charge in [-0.25, -0.2) is 4.98 Å². The van der Waals surface area contributed by atoms with E-state index in [1.165, 1.54) is 0 Å². The van der Waals surface area contributed by atoms with E-state index in [0.29, 0.717) is 13.2 Å². The summed E-state index contributed by atoms with van der Waals surface area (Å²) in [4.78, 5) is 18.1. The van der Waals surface area contributed by atoms with Crippen molar-refractivity contribution in [3.8, 4) is 0 Å². The lowest BCUT2D eigenvalue weighted by atomic mass is 10.1. The highest BCUT2D eigenvalue weighted by atomic mass is 32.1. The molecule has 17 heavy (non-hydrogen) atoms. The monoisotopic (exact) mass is 255 g/mol. The van der Waals surface area contributed by atoms with Crippen LogP contribution in [0.1, 0.15) is 12.6 Å². The van der Waals surface area contributed by atoms with Crippen molar-refractivity contribution in [2.24, 2.45) is 0 Å². The predicted octanol–water partition coefficient (Wildman–Crippen LogP) is 0.478. The Labute approximate surface area is 105 Å². The number of amides is 1. The van der Waals surface area contributed by atoms with Crippen molar-refractivity contribution < 1.29 is 9.53 Å². The zero-order valence-corrected chi connectivity index (χ0v) is 10.9. The molecule has 1 aliphatic rings. The summed E-state index contributed by atoms with van der Waals surface area (Å²) in [5, 5.41) is 5.15. The topological polar surface area (TPSA) is 54.5 Å². The number of hydrogen-bond donors (Lipinski definition) is 1. The van der Waals surface area contributed by atoms with Gasteiger partial charge in [-0.1, -0.05) is 0 Å². The van der Waals surface area contributed by atoms with E-state index >= 15 is 0 Å². The SMILES string of the molecule is C[C@H]1OCCN[C@@H]1C(=O)N(C)Cc1cscn1. The third-order valence-electron chi connectivity index (χ3n) is 2.84. The molecule has 0 bridgehead atoms. The molecule has 1 aromatic heterocycles. The third-order valence-corrected chi connectivity index (χ3v) is 3.48. The Morgan fingerprint density at radius 3 is 3.24 bits per heavy atom. The van der Waals surface area contributed by atoms with Crippen molar-refractivity contribution >= 4 is 17.2 Å². The fourth-order valence-corrected chi connectivity index (χ4v) is 2.43. The third kappa shape index (κ3) is 3.02. The molecule has 2 heterocycles. The number of morpholine rings is 1. The predicted molar refractivity (Wildman–Crippen MR) is 65.8 cm³/mol. The smallest absolute Gasteiger partial charge is 0.242 e. The first-order chi connectivity index (χ1) is 8.18. The lowest BCUT2D eigenvalue weighted by Crippen LogP contribution is -2.55. The fraction of sp³-hybridized carbons (Fsp3) is 0.636. The van der Waals surface area contributed by atoms with Gasteiger partial charge in [-0.15, -0.1) is 11.3 Å². The molecule has 2 atom stereocenters. The molecule has 0 spiro atoms. The van der Waals surface area contributed by atoms with Crippen molar-refractivity contribution in [2.75, 3.05) is 20.2 Å². The number of aromatic nitrogens is 1. The summed E-state index contributed by atoms with van der Waals surface area (Å²) < 4.78 is 5.47. The summed E-state index contributed by atoms with van der Waals surface area (Å²) in [6.45, 7) is 3.87. The molecule has 1 amide bonds. The second-order valence-corrected chi connectivity index (χ2v) is 4.90. The molecule has 0 saturated carbocycles. The summed E-state index contributed by atoms with van der Waals surface area (Å²) in [6, 6.07) is -0.243. The van der Waals surface area contributed by atoms with Crippen LogP contribution in [0.15, 0.2) is 10.9 Å². The summed E-state index contributed by atoms with van der Waals surface area (Å²) >= 11 is 1.54. The van der Waals surface area contributed by atoms with Gasteiger partial charge >= 0.3 is 0 Å². The Bertz CT molecular complexity index is 369. The molecule has 0 aromatic carbocycles. The molecule has 0 radical (unpaired) electrons. The molecule has 1 aliphatic heterocycles. The maximum atomic E-state index is 12.2. The number of rotatable bonds is 3. The zero-order valence-electron chi connectivity index (χ0n) is 10.0. The average molecular weight is 255 g/mol. The molecule has 94 valence electrons. The number of hydrogen-bond acceptors (Lipinski definition) is 5. The number of carbonyl (C=O) groups excluding carboxylic acids is 1. The van der Waals surface area contributed by atoms with Crippen LogP contribution in [-0.2, 0) is 16.1 Å². The van der Waals surface area contributed by atoms with Gasteiger partial charge in [0.25, 0.3) is 0 Å². The van der Waals surface area contributed by atoms with Crippen molar-refractivity contribution in [1.29, 1.82) is 0 Å². The second kappa shape index (κ2) is 5.57. The van der Waals surface area contributed by atoms with Crippen LogP contribution in [0.2, 0.25) is 0 Å². The highest BCUT2D eigenvalue weighted by molar-refractivity contribution is 7.07. The van der Waals surface area contributed by atoms with Crippen LogP contribution in [0.4, 0.5) is 0 Å². The Balaban J connectivity index is 1.94. The molecular formula is C11H17N3O2S. The van der Waals surface area contributed by atoms with Crippen molar-refractivity contribution in [3.63, 3.8) is 0 Å². The molecule has 1 saturated heterocycles. The van der Waals surface area contributed by atoms with Crippen molar-refractivity contribution in [2.45, 2.75) is 25.6 Å². The molecule has 0 unspecified atom stereocenters. The minimum absolute atomic E-state index is 0.0604. The van der Waals surface area contributed by atoms with E-state index in [1.807, 2.05) is 12.3 Å². The standard InChI is InChI=1S/C11H17N3O2S/c1-8-10(12-3-4-16-8)11(15)14(2)5-9-6-17-7-13-9/h6-8,10,12H,3-5H2,1-2H3/t8-,10+/m1/s1. The maximum absolute atomic E-state index is 12.2. The molecule has 6 heteroatoms. The number of likely N-dealkylation sites (N-methyl/N-ethyl adjacent to an activating group) is 1. The van der Waals surface area contributed by atoms with Crippen LogP contribution in [0.5, 0.6) is 0 Å². The van der Waals surface area contributed by atoms with E-state index < -0.39 is 0 Å². The average Bonchev–Trinajstić information content (AvgIpc) is 2.81. The van der Waals surface area contributed by atoms with Gasteiger partial charge in [0.05, 0.1) is 30.5 Å². The van der Waals surface area contributed by atoms with E-state index in [9.17, 15) is 4.79 Å². The Hall–Kier alpha value is -0.980. The Kier molecular flexibility index (Phi) is 4.09. The first-order valence-corrected chi connectivity index (χ1v) is 6.60. The lowest BCUT2D eigenvalue weighted by molar-refractivity contribution is -0.138. The van der Waals surface area contributed by atoms with Crippen LogP contribution < -0.4 is 5.32 Å². The van der Waals surface area contributed by atoms with Crippen LogP contribution in [0.3, 0.4) is 0 Å². The quantitative estimate of drug-likeness (QED) is 0.853. The van der Waals surface area contributed by atoms with Crippen molar-refractivity contribution in [3.05, 3.63) is 16.6 Å². The number of carbonyl (C=O) groups is 1. The molecule has 1 aromatic rings. The molecular weight excluding hydrogens is 238 g/mol. The van der Waals surface area contributed by atoms with E-state index in [2.05, 4.69) is 10.3 Å². The van der Waals surface area contributed by atoms with Crippen LogP contribution in [0.25, 0.3) is 0 Å². The maximum Gasteiger partial charge on any atom is 0.242 e. The van der Waals surface area contributed by atoms with E-state index in [-0.39, 0.29) is 18.1 Å². The van der Waals surface area contributed by atoms with Gasteiger partial charge < -0.3 is 15.0 Å². The van der Waals surface area contributed by atoms with Gasteiger partial charge in [0.15, 0.2) is 0 Å². The first-order valence-electron chi connectivity index (χ1n) is 5.65. The number of nitrogens with zero attached hydrogens (tertiary/aromatic N) is 2. The number of nitrogens with one attached hydrogen (secondary N) is 1. The fourth-order valence-electron chi connectivity index (χ4n) is 1.88. The van der Waals surface area contributed by atoms with Crippen LogP contribution in [-0.4, -0.2) is 48.1 Å². The minimum Gasteiger partial charge on any atom is -0.375 e. The second-order valence-electron chi connectivity index (χ2n) is 4.18. The number of ether oxygens (including phenoxy) is 1. The Morgan fingerprint density at radius 2 is 2.59 bits per heavy atom. The lowest BCUT2D eigenvalue weighted by Gasteiger charge is -2.32. The van der Waals surface area contributed by atoms with E-state index in [1.54, 1.807) is 28.8 Å². The summed E-state index contributed by atoms with van der Waals surface area (Å²) in [5.74, 6) is 0.0604. The highest BCUT2D eigenvalue weighted by Crippen LogP contribution is 2.10. The summed E-state index contributed by atoms with van der Waals surface area (Å²) in [6.07, 6.45) is -0.0749. The van der Waals surface area contributed by atoms with Crippen LogP contribution >= 0.6 is 11.3 Å². The molecule has 5 nitrogen and oxygen atoms in total. The zero-order chi connectivity index (χ0) is 12.3. The molecule has 1 N–H and O–H groups in total. The minimum atomic E-state index is -0.243. The number of thiazole rings is 1. The van der Waals surface area contributed by atoms with E-state index in [0.717, 1.165) is 12.2 Å². The van der Waals surface area contributed by atoms with Crippen LogP contribution in [0, 0.1) is 0 Å². The summed E-state index contributed by atoms with van der Waals surface area (Å²) in [7, 11) is 1.80. The van der Waals surface area contributed by atoms with Gasteiger partial charge in [-0.3, -0.25) is 4.79 Å². The highest BCUT2D eigenvalue weighted by Gasteiger charge is 2.30. The molecule has 1 fully saturated rings. The largest absolute Gasteiger partial charge is 0.375 e. The van der Waals surface area contributed by atoms with Gasteiger partial charge in [0.1, 0.15) is 6.04 Å². The Morgan fingerprint density at radius 1 is 1.76 bits per heavy atom. The van der Waals surface area contributed by atoms with Crippen molar-refractivity contribution in [1.82, 2.24) is 15.2 Å².